The lowest BCUT2D eigenvalue weighted by molar-refractivity contribution is -0.121. The van der Waals surface area contributed by atoms with Crippen molar-refractivity contribution in [1.82, 2.24) is 9.21 Å². The van der Waals surface area contributed by atoms with Crippen LogP contribution in [0.2, 0.25) is 0 Å². The highest BCUT2D eigenvalue weighted by Gasteiger charge is 2.34. The molecule has 1 N–H and O–H groups in total. The minimum absolute atomic E-state index is 0.202. The lowest BCUT2D eigenvalue weighted by atomic mass is 9.88. The summed E-state index contributed by atoms with van der Waals surface area (Å²) in [7, 11) is -3.49. The molecule has 2 aromatic heterocycles. The minimum atomic E-state index is -3.49. The number of carbonyl (C=O) groups excluding carboxylic acids is 2. The predicted octanol–water partition coefficient (Wildman–Crippen LogP) is 3.44. The highest BCUT2D eigenvalue weighted by atomic mass is 32.2. The first-order chi connectivity index (χ1) is 16.2. The van der Waals surface area contributed by atoms with Gasteiger partial charge in [-0.25, -0.2) is 13.2 Å². The molecule has 3 heterocycles. The van der Waals surface area contributed by atoms with Crippen molar-refractivity contribution in [3.05, 3.63) is 33.5 Å². The Labute approximate surface area is 208 Å². The van der Waals surface area contributed by atoms with Crippen LogP contribution in [0, 0.1) is 5.92 Å². The molecule has 1 aliphatic carbocycles. The normalized spacial score (nSPS) is 20.5. The molecule has 0 spiro atoms. The molecule has 11 heteroatoms. The van der Waals surface area contributed by atoms with E-state index in [1.165, 1.54) is 27.0 Å². The van der Waals surface area contributed by atoms with Crippen molar-refractivity contribution < 1.29 is 22.7 Å². The molecule has 186 valence electrons. The number of thiophene rings is 2. The molecule has 0 aromatic carbocycles. The van der Waals surface area contributed by atoms with Crippen LogP contribution < -0.4 is 5.32 Å². The number of esters is 1. The van der Waals surface area contributed by atoms with Gasteiger partial charge in [0.2, 0.25) is 5.91 Å². The lowest BCUT2D eigenvalue weighted by Crippen LogP contribution is -2.53. The van der Waals surface area contributed by atoms with Crippen molar-refractivity contribution in [3.63, 3.8) is 0 Å². The van der Waals surface area contributed by atoms with Crippen LogP contribution in [0.3, 0.4) is 0 Å². The highest BCUT2D eigenvalue weighted by Crippen LogP contribution is 2.40. The van der Waals surface area contributed by atoms with E-state index in [0.717, 1.165) is 29.7 Å². The van der Waals surface area contributed by atoms with Gasteiger partial charge in [-0.1, -0.05) is 13.0 Å². The van der Waals surface area contributed by atoms with E-state index in [9.17, 15) is 18.0 Å². The van der Waals surface area contributed by atoms with E-state index in [1.54, 1.807) is 24.4 Å². The molecule has 1 amide bonds. The Morgan fingerprint density at radius 3 is 2.65 bits per heavy atom. The Morgan fingerprint density at radius 2 is 2.00 bits per heavy atom. The average molecular weight is 526 g/mol. The predicted molar refractivity (Wildman–Crippen MR) is 134 cm³/mol. The Morgan fingerprint density at radius 1 is 1.26 bits per heavy atom. The summed E-state index contributed by atoms with van der Waals surface area (Å²) in [5, 5.41) is 5.31. The summed E-state index contributed by atoms with van der Waals surface area (Å²) >= 11 is 2.69. The van der Waals surface area contributed by atoms with Gasteiger partial charge in [0.25, 0.3) is 10.0 Å². The molecule has 2 atom stereocenters. The van der Waals surface area contributed by atoms with Gasteiger partial charge in [-0.05, 0) is 56.0 Å². The fourth-order valence-corrected chi connectivity index (χ4v) is 8.48. The SMILES string of the molecule is CCOC(=O)c1c(NC(=O)[C@H](C)N2CCN(S(=O)(=O)c3cccs3)CC2)sc2c1CC[C@H](C)C2. The van der Waals surface area contributed by atoms with Crippen molar-refractivity contribution in [3.8, 4) is 0 Å². The van der Waals surface area contributed by atoms with Gasteiger partial charge in [-0.3, -0.25) is 9.69 Å². The van der Waals surface area contributed by atoms with Gasteiger partial charge in [-0.15, -0.1) is 22.7 Å². The van der Waals surface area contributed by atoms with Crippen molar-refractivity contribution in [1.29, 1.82) is 0 Å². The molecular weight excluding hydrogens is 494 g/mol. The Bertz CT molecular complexity index is 1140. The van der Waals surface area contributed by atoms with Gasteiger partial charge in [0.15, 0.2) is 0 Å². The summed E-state index contributed by atoms with van der Waals surface area (Å²) in [5.74, 6) is -0.0397. The monoisotopic (exact) mass is 525 g/mol. The Balaban J connectivity index is 1.44. The van der Waals surface area contributed by atoms with E-state index in [1.807, 2.05) is 11.8 Å². The van der Waals surface area contributed by atoms with E-state index in [-0.39, 0.29) is 18.5 Å². The zero-order valence-corrected chi connectivity index (χ0v) is 22.2. The molecular formula is C23H31N3O5S3. The van der Waals surface area contributed by atoms with Crippen molar-refractivity contribution in [2.24, 2.45) is 5.92 Å². The van der Waals surface area contributed by atoms with Crippen LogP contribution in [0.25, 0.3) is 0 Å². The number of piperazine rings is 1. The van der Waals surface area contributed by atoms with E-state index in [4.69, 9.17) is 4.74 Å². The molecule has 34 heavy (non-hydrogen) atoms. The maximum absolute atomic E-state index is 13.2. The molecule has 4 rings (SSSR count). The second-order valence-corrected chi connectivity index (χ2v) is 13.0. The van der Waals surface area contributed by atoms with E-state index in [2.05, 4.69) is 12.2 Å². The number of rotatable bonds is 7. The number of nitrogens with one attached hydrogen (secondary N) is 1. The van der Waals surface area contributed by atoms with Crippen LogP contribution in [-0.4, -0.2) is 68.3 Å². The molecule has 0 saturated carbocycles. The van der Waals surface area contributed by atoms with E-state index in [0.29, 0.717) is 46.9 Å². The zero-order chi connectivity index (χ0) is 24.5. The minimum Gasteiger partial charge on any atom is -0.462 e. The number of fused-ring (bicyclic) bond motifs is 1. The van der Waals surface area contributed by atoms with Crippen molar-refractivity contribution in [2.45, 2.75) is 50.3 Å². The van der Waals surface area contributed by atoms with Crippen LogP contribution >= 0.6 is 22.7 Å². The second kappa shape index (κ2) is 10.4. The molecule has 0 radical (unpaired) electrons. The Hall–Kier alpha value is -1.79. The zero-order valence-electron chi connectivity index (χ0n) is 19.7. The summed E-state index contributed by atoms with van der Waals surface area (Å²) in [6, 6.07) is 2.89. The van der Waals surface area contributed by atoms with Gasteiger partial charge in [0.05, 0.1) is 18.2 Å². The summed E-state index contributed by atoms with van der Waals surface area (Å²) in [5.41, 5.74) is 1.51. The molecule has 8 nitrogen and oxygen atoms in total. The number of ether oxygens (including phenoxy) is 1. The number of hydrogen-bond acceptors (Lipinski definition) is 8. The third-order valence-corrected chi connectivity index (χ3v) is 11.0. The van der Waals surface area contributed by atoms with Gasteiger partial charge in [0.1, 0.15) is 9.21 Å². The second-order valence-electron chi connectivity index (χ2n) is 8.81. The van der Waals surface area contributed by atoms with Gasteiger partial charge in [-0.2, -0.15) is 4.31 Å². The molecule has 0 bridgehead atoms. The van der Waals surface area contributed by atoms with E-state index >= 15 is 0 Å². The summed E-state index contributed by atoms with van der Waals surface area (Å²) in [4.78, 5) is 29.0. The third kappa shape index (κ3) is 5.08. The first-order valence-corrected chi connectivity index (χ1v) is 14.8. The maximum atomic E-state index is 13.2. The van der Waals surface area contributed by atoms with Gasteiger partial charge >= 0.3 is 5.97 Å². The number of anilines is 1. The molecule has 1 aliphatic heterocycles. The molecule has 2 aromatic rings. The lowest BCUT2D eigenvalue weighted by Gasteiger charge is -2.36. The number of amides is 1. The molecule has 2 aliphatic rings. The molecule has 0 unspecified atom stereocenters. The van der Waals surface area contributed by atoms with E-state index < -0.39 is 16.1 Å². The molecule has 1 fully saturated rings. The maximum Gasteiger partial charge on any atom is 0.341 e. The fourth-order valence-electron chi connectivity index (χ4n) is 4.51. The van der Waals surface area contributed by atoms with Crippen LogP contribution in [0.4, 0.5) is 5.00 Å². The quantitative estimate of drug-likeness (QED) is 0.557. The standard InChI is InChI=1S/C23H31N3O5S3/c1-4-31-23(28)20-17-8-7-15(2)14-18(17)33-22(20)24-21(27)16(3)25-9-11-26(12-10-25)34(29,30)19-6-5-13-32-19/h5-6,13,15-16H,4,7-12,14H2,1-3H3,(H,24,27)/t15-,16-/m0/s1. The van der Waals surface area contributed by atoms with Crippen LogP contribution in [0.5, 0.6) is 0 Å². The summed E-state index contributed by atoms with van der Waals surface area (Å²) < 4.78 is 32.7. The van der Waals surface area contributed by atoms with Gasteiger partial charge < -0.3 is 10.1 Å². The smallest absolute Gasteiger partial charge is 0.341 e. The fraction of sp³-hybridized carbons (Fsp3) is 0.565. The Kier molecular flexibility index (Phi) is 7.78. The largest absolute Gasteiger partial charge is 0.462 e. The average Bonchev–Trinajstić information content (AvgIpc) is 3.47. The third-order valence-electron chi connectivity index (χ3n) is 6.52. The van der Waals surface area contributed by atoms with Crippen LogP contribution in [-0.2, 0) is 32.4 Å². The number of hydrogen-bond donors (Lipinski definition) is 1. The first kappa shape index (κ1) is 25.3. The molecule has 1 saturated heterocycles. The first-order valence-electron chi connectivity index (χ1n) is 11.6. The number of nitrogens with zero attached hydrogens (tertiary/aromatic N) is 2. The summed E-state index contributed by atoms with van der Waals surface area (Å²) in [6.45, 7) is 7.66. The van der Waals surface area contributed by atoms with Crippen molar-refractivity contribution in [2.75, 3.05) is 38.1 Å². The van der Waals surface area contributed by atoms with Crippen LogP contribution in [0.15, 0.2) is 21.7 Å². The topological polar surface area (TPSA) is 96.0 Å². The van der Waals surface area contributed by atoms with Crippen molar-refractivity contribution >= 4 is 49.6 Å². The number of carbonyl (C=O) groups is 2. The summed E-state index contributed by atoms with van der Waals surface area (Å²) in [6.07, 6.45) is 2.73. The number of sulfonamides is 1. The highest BCUT2D eigenvalue weighted by molar-refractivity contribution is 7.91. The van der Waals surface area contributed by atoms with Gasteiger partial charge in [0, 0.05) is 31.1 Å². The van der Waals surface area contributed by atoms with Crippen LogP contribution in [0.1, 0.15) is 48.0 Å².